The third-order valence-corrected chi connectivity index (χ3v) is 4.15. The van der Waals surface area contributed by atoms with Gasteiger partial charge in [0.1, 0.15) is 0 Å². The van der Waals surface area contributed by atoms with E-state index in [1.54, 1.807) is 0 Å². The van der Waals surface area contributed by atoms with Crippen molar-refractivity contribution in [1.82, 2.24) is 15.1 Å². The van der Waals surface area contributed by atoms with E-state index in [4.69, 9.17) is 0 Å². The lowest BCUT2D eigenvalue weighted by Gasteiger charge is -2.33. The molecule has 18 heavy (non-hydrogen) atoms. The highest BCUT2D eigenvalue weighted by Crippen LogP contribution is 2.36. The molecule has 1 aromatic heterocycles. The lowest BCUT2D eigenvalue weighted by atomic mass is 9.77. The van der Waals surface area contributed by atoms with E-state index < -0.39 is 0 Å². The average molecular weight is 249 g/mol. The molecule has 1 heterocycles. The summed E-state index contributed by atoms with van der Waals surface area (Å²) in [5, 5.41) is 8.07. The normalized spacial score (nSPS) is 26.2. The SMILES string of the molecule is CCCNC(c1cnn(C)c1)C1CCCC(C)C1. The van der Waals surface area contributed by atoms with Crippen molar-refractivity contribution < 1.29 is 0 Å². The Morgan fingerprint density at radius 2 is 2.33 bits per heavy atom. The molecule has 3 atom stereocenters. The Balaban J connectivity index is 2.08. The van der Waals surface area contributed by atoms with Gasteiger partial charge in [-0.15, -0.1) is 0 Å². The lowest BCUT2D eigenvalue weighted by molar-refractivity contribution is 0.223. The van der Waals surface area contributed by atoms with Crippen LogP contribution in [0.1, 0.15) is 57.6 Å². The first-order valence-corrected chi connectivity index (χ1v) is 7.42. The molecule has 1 aromatic rings. The highest BCUT2D eigenvalue weighted by molar-refractivity contribution is 5.12. The predicted molar refractivity (Wildman–Crippen MR) is 75.4 cm³/mol. The largest absolute Gasteiger partial charge is 0.310 e. The van der Waals surface area contributed by atoms with Crippen LogP contribution < -0.4 is 5.32 Å². The number of nitrogens with one attached hydrogen (secondary N) is 1. The predicted octanol–water partition coefficient (Wildman–Crippen LogP) is 3.29. The zero-order valence-electron chi connectivity index (χ0n) is 12.0. The first-order valence-electron chi connectivity index (χ1n) is 7.42. The van der Waals surface area contributed by atoms with Gasteiger partial charge in [-0.1, -0.05) is 26.7 Å². The van der Waals surface area contributed by atoms with E-state index in [1.807, 2.05) is 17.9 Å². The van der Waals surface area contributed by atoms with Crippen molar-refractivity contribution in [2.24, 2.45) is 18.9 Å². The minimum atomic E-state index is 0.501. The van der Waals surface area contributed by atoms with Crippen LogP contribution in [0.25, 0.3) is 0 Å². The molecule has 3 unspecified atom stereocenters. The van der Waals surface area contributed by atoms with E-state index in [1.165, 1.54) is 37.7 Å². The van der Waals surface area contributed by atoms with Gasteiger partial charge in [0.05, 0.1) is 6.20 Å². The summed E-state index contributed by atoms with van der Waals surface area (Å²) in [6.07, 6.45) is 10.9. The molecule has 0 saturated heterocycles. The Hall–Kier alpha value is -0.830. The molecular weight excluding hydrogens is 222 g/mol. The van der Waals surface area contributed by atoms with Crippen LogP contribution in [0.2, 0.25) is 0 Å². The van der Waals surface area contributed by atoms with Crippen LogP contribution in [0.15, 0.2) is 12.4 Å². The number of hydrogen-bond donors (Lipinski definition) is 1. The summed E-state index contributed by atoms with van der Waals surface area (Å²) in [4.78, 5) is 0. The van der Waals surface area contributed by atoms with Gasteiger partial charge in [-0.2, -0.15) is 5.10 Å². The number of rotatable bonds is 5. The van der Waals surface area contributed by atoms with Crippen LogP contribution in [0.4, 0.5) is 0 Å². The molecule has 1 fully saturated rings. The van der Waals surface area contributed by atoms with Crippen molar-refractivity contribution in [3.63, 3.8) is 0 Å². The van der Waals surface area contributed by atoms with E-state index >= 15 is 0 Å². The Bertz CT molecular complexity index is 358. The zero-order valence-corrected chi connectivity index (χ0v) is 12.0. The van der Waals surface area contributed by atoms with E-state index in [0.29, 0.717) is 6.04 Å². The van der Waals surface area contributed by atoms with Crippen LogP contribution in [0.5, 0.6) is 0 Å². The van der Waals surface area contributed by atoms with Gasteiger partial charge in [-0.25, -0.2) is 0 Å². The van der Waals surface area contributed by atoms with Crippen molar-refractivity contribution >= 4 is 0 Å². The molecule has 0 amide bonds. The average Bonchev–Trinajstić information content (AvgIpc) is 2.76. The summed E-state index contributed by atoms with van der Waals surface area (Å²) in [6, 6.07) is 0.501. The summed E-state index contributed by atoms with van der Waals surface area (Å²) < 4.78 is 1.92. The van der Waals surface area contributed by atoms with Crippen LogP contribution in [-0.4, -0.2) is 16.3 Å². The second-order valence-electron chi connectivity index (χ2n) is 5.91. The summed E-state index contributed by atoms with van der Waals surface area (Å²) in [6.45, 7) is 5.73. The molecule has 3 nitrogen and oxygen atoms in total. The molecule has 0 aromatic carbocycles. The summed E-state index contributed by atoms with van der Waals surface area (Å²) in [5.74, 6) is 1.66. The van der Waals surface area contributed by atoms with Crippen LogP contribution >= 0.6 is 0 Å². The van der Waals surface area contributed by atoms with Gasteiger partial charge in [0.15, 0.2) is 0 Å². The standard InChI is InChI=1S/C15H27N3/c1-4-8-16-15(14-10-17-18(3)11-14)13-7-5-6-12(2)9-13/h10-13,15-16H,4-9H2,1-3H3. The molecule has 1 aliphatic carbocycles. The van der Waals surface area contributed by atoms with Gasteiger partial charge in [0, 0.05) is 24.8 Å². The van der Waals surface area contributed by atoms with Gasteiger partial charge in [0.25, 0.3) is 0 Å². The topological polar surface area (TPSA) is 29.9 Å². The molecule has 1 aliphatic rings. The quantitative estimate of drug-likeness (QED) is 0.868. The number of aryl methyl sites for hydroxylation is 1. The second kappa shape index (κ2) is 6.37. The fourth-order valence-corrected chi connectivity index (χ4v) is 3.24. The van der Waals surface area contributed by atoms with Crippen molar-refractivity contribution in [2.75, 3.05) is 6.54 Å². The maximum Gasteiger partial charge on any atom is 0.0537 e. The molecule has 1 saturated carbocycles. The minimum absolute atomic E-state index is 0.501. The van der Waals surface area contributed by atoms with Gasteiger partial charge in [-0.05, 0) is 37.6 Å². The summed E-state index contributed by atoms with van der Waals surface area (Å²) in [5.41, 5.74) is 1.37. The van der Waals surface area contributed by atoms with E-state index in [-0.39, 0.29) is 0 Å². The van der Waals surface area contributed by atoms with Crippen molar-refractivity contribution in [3.05, 3.63) is 18.0 Å². The van der Waals surface area contributed by atoms with Crippen molar-refractivity contribution in [3.8, 4) is 0 Å². The van der Waals surface area contributed by atoms with Crippen LogP contribution in [0.3, 0.4) is 0 Å². The van der Waals surface area contributed by atoms with Crippen LogP contribution in [-0.2, 0) is 7.05 Å². The van der Waals surface area contributed by atoms with Crippen molar-refractivity contribution in [1.29, 1.82) is 0 Å². The Kier molecular flexibility index (Phi) is 4.81. The van der Waals surface area contributed by atoms with E-state index in [2.05, 4.69) is 30.5 Å². The summed E-state index contributed by atoms with van der Waals surface area (Å²) >= 11 is 0. The highest BCUT2D eigenvalue weighted by atomic mass is 15.2. The third kappa shape index (κ3) is 3.35. The number of aromatic nitrogens is 2. The first-order chi connectivity index (χ1) is 8.70. The molecule has 0 aliphatic heterocycles. The van der Waals surface area contributed by atoms with E-state index in [0.717, 1.165) is 18.4 Å². The van der Waals surface area contributed by atoms with E-state index in [9.17, 15) is 0 Å². The minimum Gasteiger partial charge on any atom is -0.310 e. The molecule has 0 spiro atoms. The Morgan fingerprint density at radius 3 is 2.94 bits per heavy atom. The molecule has 2 rings (SSSR count). The molecule has 0 radical (unpaired) electrons. The summed E-state index contributed by atoms with van der Waals surface area (Å²) in [7, 11) is 2.00. The molecular formula is C15H27N3. The third-order valence-electron chi connectivity index (χ3n) is 4.15. The number of nitrogens with zero attached hydrogens (tertiary/aromatic N) is 2. The maximum absolute atomic E-state index is 4.34. The fraction of sp³-hybridized carbons (Fsp3) is 0.800. The second-order valence-corrected chi connectivity index (χ2v) is 5.91. The molecule has 102 valence electrons. The van der Waals surface area contributed by atoms with Crippen LogP contribution in [0, 0.1) is 11.8 Å². The highest BCUT2D eigenvalue weighted by Gasteiger charge is 2.28. The molecule has 1 N–H and O–H groups in total. The zero-order chi connectivity index (χ0) is 13.0. The molecule has 3 heteroatoms. The first kappa shape index (κ1) is 13.6. The van der Waals surface area contributed by atoms with Crippen molar-refractivity contribution in [2.45, 2.75) is 52.0 Å². The number of hydrogen-bond acceptors (Lipinski definition) is 2. The molecule has 0 bridgehead atoms. The van der Waals surface area contributed by atoms with Gasteiger partial charge in [-0.3, -0.25) is 4.68 Å². The van der Waals surface area contributed by atoms with Gasteiger partial charge < -0.3 is 5.32 Å². The monoisotopic (exact) mass is 249 g/mol. The lowest BCUT2D eigenvalue weighted by Crippen LogP contribution is -2.31. The van der Waals surface area contributed by atoms with Gasteiger partial charge >= 0.3 is 0 Å². The van der Waals surface area contributed by atoms with Gasteiger partial charge in [0.2, 0.25) is 0 Å². The maximum atomic E-state index is 4.34. The Morgan fingerprint density at radius 1 is 1.50 bits per heavy atom. The Labute approximate surface area is 111 Å². The fourth-order valence-electron chi connectivity index (χ4n) is 3.24. The smallest absolute Gasteiger partial charge is 0.0537 e.